The minimum atomic E-state index is -1.83. The number of hydrogen-bond donors (Lipinski definition) is 0. The predicted molar refractivity (Wildman–Crippen MR) is 145 cm³/mol. The van der Waals surface area contributed by atoms with E-state index < -0.39 is 122 Å². The summed E-state index contributed by atoms with van der Waals surface area (Å²) < 4.78 is 60.2. The Morgan fingerprint density at radius 2 is 0.702 bits per heavy atom. The van der Waals surface area contributed by atoms with Crippen LogP contribution in [-0.4, -0.2) is 122 Å². The molecule has 264 valence electrons. The second-order valence-corrected chi connectivity index (χ2v) is 10.3. The van der Waals surface area contributed by atoms with Gasteiger partial charge >= 0.3 is 47.8 Å². The van der Waals surface area contributed by atoms with Crippen molar-refractivity contribution >= 4 is 47.8 Å². The predicted octanol–water partition coefficient (Wildman–Crippen LogP) is -0.831. The van der Waals surface area contributed by atoms with E-state index in [0.717, 1.165) is 55.4 Å². The number of hydrogen-bond acceptors (Lipinski definition) is 19. The van der Waals surface area contributed by atoms with Crippen molar-refractivity contribution in [3.8, 4) is 0 Å². The average molecular weight is 679 g/mol. The van der Waals surface area contributed by atoms with Crippen LogP contribution in [0.15, 0.2) is 0 Å². The summed E-state index contributed by atoms with van der Waals surface area (Å²) in [5.41, 5.74) is 0. The Balaban J connectivity index is 2.73. The number of rotatable bonds is 12. The summed E-state index contributed by atoms with van der Waals surface area (Å²) in [7, 11) is 0. The van der Waals surface area contributed by atoms with Crippen molar-refractivity contribution in [2.75, 3.05) is 13.2 Å². The molecule has 0 aliphatic carbocycles. The molecule has 0 aromatic rings. The lowest BCUT2D eigenvalue weighted by atomic mass is 9.96. The Hall–Kier alpha value is -4.36. The number of ether oxygens (including phenoxy) is 11. The lowest BCUT2D eigenvalue weighted by molar-refractivity contribution is -0.357. The molecule has 2 unspecified atom stereocenters. The van der Waals surface area contributed by atoms with Gasteiger partial charge in [-0.1, -0.05) is 0 Å². The van der Waals surface area contributed by atoms with Crippen molar-refractivity contribution in [3.63, 3.8) is 0 Å². The molecule has 0 amide bonds. The summed E-state index contributed by atoms with van der Waals surface area (Å²) in [6.45, 7) is 7.05. The maximum atomic E-state index is 12.3. The highest BCUT2D eigenvalue weighted by molar-refractivity contribution is 5.70. The molecule has 10 atom stereocenters. The van der Waals surface area contributed by atoms with Crippen LogP contribution in [0.3, 0.4) is 0 Å². The summed E-state index contributed by atoms with van der Waals surface area (Å²) in [6.07, 6.45) is -16.3. The normalized spacial score (nSPS) is 30.0. The molecule has 0 spiro atoms. The fourth-order valence-electron chi connectivity index (χ4n) is 4.73. The Bertz CT molecular complexity index is 1200. The fraction of sp³-hybridized carbons (Fsp3) is 0.714. The highest BCUT2D eigenvalue weighted by atomic mass is 16.8. The average Bonchev–Trinajstić information content (AvgIpc) is 2.91. The maximum Gasteiger partial charge on any atom is 0.305 e. The van der Waals surface area contributed by atoms with Gasteiger partial charge in [-0.3, -0.25) is 38.4 Å². The highest BCUT2D eigenvalue weighted by Crippen LogP contribution is 2.35. The molecular weight excluding hydrogens is 640 g/mol. The van der Waals surface area contributed by atoms with Crippen LogP contribution in [-0.2, 0) is 90.5 Å². The molecule has 2 saturated heterocycles. The first-order valence-electron chi connectivity index (χ1n) is 14.2. The van der Waals surface area contributed by atoms with Gasteiger partial charge in [-0.2, -0.15) is 0 Å². The van der Waals surface area contributed by atoms with E-state index in [4.69, 9.17) is 52.1 Å². The van der Waals surface area contributed by atoms with E-state index in [9.17, 15) is 38.4 Å². The van der Waals surface area contributed by atoms with Crippen LogP contribution < -0.4 is 0 Å². The lowest BCUT2D eigenvalue weighted by Crippen LogP contribution is -2.67. The van der Waals surface area contributed by atoms with Gasteiger partial charge in [0.05, 0.1) is 0 Å². The van der Waals surface area contributed by atoms with Crippen molar-refractivity contribution in [2.45, 2.75) is 117 Å². The monoisotopic (exact) mass is 678 g/mol. The van der Waals surface area contributed by atoms with E-state index in [1.807, 2.05) is 0 Å². The first-order valence-corrected chi connectivity index (χ1v) is 14.2. The van der Waals surface area contributed by atoms with Crippen LogP contribution in [0, 0.1) is 0 Å². The van der Waals surface area contributed by atoms with E-state index in [0.29, 0.717) is 0 Å². The van der Waals surface area contributed by atoms with Crippen LogP contribution in [0.25, 0.3) is 0 Å². The van der Waals surface area contributed by atoms with E-state index >= 15 is 0 Å². The van der Waals surface area contributed by atoms with Gasteiger partial charge in [-0.15, -0.1) is 0 Å². The Morgan fingerprint density at radius 3 is 1.11 bits per heavy atom. The molecule has 47 heavy (non-hydrogen) atoms. The molecule has 0 bridgehead atoms. The molecule has 2 heterocycles. The van der Waals surface area contributed by atoms with Crippen LogP contribution in [0.2, 0.25) is 0 Å². The smallest absolute Gasteiger partial charge is 0.305 e. The van der Waals surface area contributed by atoms with Gasteiger partial charge in [-0.25, -0.2) is 0 Å². The van der Waals surface area contributed by atoms with Crippen LogP contribution in [0.4, 0.5) is 0 Å². The van der Waals surface area contributed by atoms with Gasteiger partial charge in [0.1, 0.15) is 31.5 Å². The van der Waals surface area contributed by atoms with Gasteiger partial charge in [0.15, 0.2) is 30.7 Å². The third-order valence-corrected chi connectivity index (χ3v) is 6.17. The highest BCUT2D eigenvalue weighted by Gasteiger charge is 2.58. The SMILES string of the molecule is CC(=O)OC[C@H]1OC(O[C@H]2[C@H](OC(C)=O)[C@@H](OC(C)=O)C(OC(C)=O)O[C@@H]2COC(C)=O)[C@H](OC(C)=O)[C@@H](OC(C)=O)[C@@H]1OC(C)=O. The minimum Gasteiger partial charge on any atom is -0.463 e. The van der Waals surface area contributed by atoms with E-state index in [2.05, 4.69) is 0 Å². The van der Waals surface area contributed by atoms with Gasteiger partial charge in [-0.05, 0) is 0 Å². The summed E-state index contributed by atoms with van der Waals surface area (Å²) in [5, 5.41) is 0. The number of carbonyl (C=O) groups is 8. The van der Waals surface area contributed by atoms with Gasteiger partial charge in [0.25, 0.3) is 0 Å². The van der Waals surface area contributed by atoms with Crippen molar-refractivity contribution in [2.24, 2.45) is 0 Å². The quantitative estimate of drug-likeness (QED) is 0.181. The molecule has 0 N–H and O–H groups in total. The second-order valence-electron chi connectivity index (χ2n) is 10.3. The van der Waals surface area contributed by atoms with Crippen LogP contribution >= 0.6 is 0 Å². The Morgan fingerprint density at radius 1 is 0.383 bits per heavy atom. The third-order valence-electron chi connectivity index (χ3n) is 6.17. The van der Waals surface area contributed by atoms with Gasteiger partial charge in [0, 0.05) is 55.4 Å². The zero-order chi connectivity index (χ0) is 35.6. The Kier molecular flexibility index (Phi) is 14.5. The van der Waals surface area contributed by atoms with Crippen molar-refractivity contribution in [1.82, 2.24) is 0 Å². The number of esters is 8. The third kappa shape index (κ3) is 12.1. The maximum absolute atomic E-state index is 12.3. The van der Waals surface area contributed by atoms with E-state index in [1.54, 1.807) is 0 Å². The molecule has 0 radical (unpaired) electrons. The van der Waals surface area contributed by atoms with E-state index in [1.165, 1.54) is 0 Å². The van der Waals surface area contributed by atoms with Crippen LogP contribution in [0.5, 0.6) is 0 Å². The molecule has 2 aliphatic heterocycles. The zero-order valence-electron chi connectivity index (χ0n) is 26.9. The van der Waals surface area contributed by atoms with Crippen molar-refractivity contribution in [3.05, 3.63) is 0 Å². The van der Waals surface area contributed by atoms with E-state index in [-0.39, 0.29) is 0 Å². The number of carbonyl (C=O) groups excluding carboxylic acids is 8. The molecule has 0 saturated carbocycles. The standard InChI is InChI=1S/C28H38O19/c1-11(29)37-9-19-21(39-13(3)31)23(40-14(4)32)26(43-17(7)35)28(46-19)47-22-20(10-38-12(2)30)45-27(44-18(8)36)25(42-16(6)34)24(22)41-15(5)33/h19-28H,9-10H2,1-8H3/t19-,20-,21-,22-,23+,24+,25-,26-,27?,28?/m1/s1. The fourth-order valence-corrected chi connectivity index (χ4v) is 4.73. The molecule has 2 fully saturated rings. The topological polar surface area (TPSA) is 238 Å². The first kappa shape index (κ1) is 38.8. The Labute approximate surface area is 268 Å². The molecule has 19 heteroatoms. The van der Waals surface area contributed by atoms with Crippen molar-refractivity contribution < 1.29 is 90.5 Å². The summed E-state index contributed by atoms with van der Waals surface area (Å²) in [4.78, 5) is 96.3. The lowest BCUT2D eigenvalue weighted by Gasteiger charge is -2.48. The molecule has 0 aromatic carbocycles. The zero-order valence-corrected chi connectivity index (χ0v) is 26.9. The summed E-state index contributed by atoms with van der Waals surface area (Å²) in [6, 6.07) is 0. The summed E-state index contributed by atoms with van der Waals surface area (Å²) >= 11 is 0. The molecule has 0 aromatic heterocycles. The minimum absolute atomic E-state index is 0.590. The largest absolute Gasteiger partial charge is 0.463 e. The first-order chi connectivity index (χ1) is 21.9. The van der Waals surface area contributed by atoms with Crippen molar-refractivity contribution in [1.29, 1.82) is 0 Å². The molecule has 19 nitrogen and oxygen atoms in total. The molecule has 2 rings (SSSR count). The van der Waals surface area contributed by atoms with Gasteiger partial charge < -0.3 is 52.1 Å². The molecule has 2 aliphatic rings. The second kappa shape index (κ2) is 17.5. The van der Waals surface area contributed by atoms with Gasteiger partial charge in [0.2, 0.25) is 12.4 Å². The summed E-state index contributed by atoms with van der Waals surface area (Å²) in [5.74, 6) is -7.02. The van der Waals surface area contributed by atoms with Crippen LogP contribution in [0.1, 0.15) is 55.4 Å². The molecular formula is C28H38O19.